The third-order valence-corrected chi connectivity index (χ3v) is 4.71. The summed E-state index contributed by atoms with van der Waals surface area (Å²) in [4.78, 5) is 0. The number of benzene rings is 2. The van der Waals surface area contributed by atoms with Gasteiger partial charge in [0, 0.05) is 27.7 Å². The molecule has 0 aliphatic rings. The van der Waals surface area contributed by atoms with Gasteiger partial charge in [0.2, 0.25) is 0 Å². The van der Waals surface area contributed by atoms with E-state index in [1.54, 1.807) is 47.9 Å². The molecule has 0 unspecified atom stereocenters. The van der Waals surface area contributed by atoms with Gasteiger partial charge in [-0.15, -0.1) is 0 Å². The molecule has 166 valence electrons. The lowest BCUT2D eigenvalue weighted by Gasteiger charge is -2.27. The van der Waals surface area contributed by atoms with Crippen LogP contribution in [0.25, 0.3) is 10.9 Å². The number of alkyl halides is 7. The van der Waals surface area contributed by atoms with Gasteiger partial charge in [-0.25, -0.2) is 9.82 Å². The zero-order valence-corrected chi connectivity index (χ0v) is 15.8. The van der Waals surface area contributed by atoms with Crippen LogP contribution in [0.4, 0.5) is 35.1 Å². The Morgan fingerprint density at radius 3 is 2.19 bits per heavy atom. The van der Waals surface area contributed by atoms with Gasteiger partial charge in [-0.2, -0.15) is 35.8 Å². The predicted octanol–water partition coefficient (Wildman–Crippen LogP) is 5.85. The van der Waals surface area contributed by atoms with Crippen LogP contribution in [0.2, 0.25) is 0 Å². The first kappa shape index (κ1) is 22.6. The Hall–Kier alpha value is -3.11. The lowest BCUT2D eigenvalue weighted by molar-refractivity contribution is -0.361. The molecule has 3 rings (SSSR count). The molecule has 2 aromatic carbocycles. The van der Waals surface area contributed by atoms with Crippen molar-refractivity contribution in [3.8, 4) is 0 Å². The van der Waals surface area contributed by atoms with Crippen LogP contribution in [0, 0.1) is 12.7 Å². The van der Waals surface area contributed by atoms with Crippen molar-refractivity contribution in [3.05, 3.63) is 71.2 Å². The van der Waals surface area contributed by atoms with Gasteiger partial charge in [-0.3, -0.25) is 0 Å². The summed E-state index contributed by atoms with van der Waals surface area (Å²) in [5.41, 5.74) is 2.13. The summed E-state index contributed by atoms with van der Waals surface area (Å²) < 4.78 is 105. The van der Waals surface area contributed by atoms with Crippen molar-refractivity contribution in [2.24, 2.45) is 5.10 Å². The highest BCUT2D eigenvalue weighted by Crippen LogP contribution is 2.45. The zero-order chi connectivity index (χ0) is 23.0. The van der Waals surface area contributed by atoms with E-state index in [-0.39, 0.29) is 12.1 Å². The van der Waals surface area contributed by atoms with Crippen molar-refractivity contribution in [3.63, 3.8) is 0 Å². The second-order valence-corrected chi connectivity index (χ2v) is 6.71. The first-order valence-corrected chi connectivity index (χ1v) is 8.80. The fraction of sp³-hybridized carbons (Fsp3) is 0.250. The molecule has 3 nitrogen and oxygen atoms in total. The van der Waals surface area contributed by atoms with E-state index in [1.807, 2.05) is 0 Å². The molecule has 0 bridgehead atoms. The van der Waals surface area contributed by atoms with Gasteiger partial charge in [-0.05, 0) is 19.1 Å². The summed E-state index contributed by atoms with van der Waals surface area (Å²) in [6.45, 7) is 1.63. The number of hydrogen-bond acceptors (Lipinski definition) is 2. The maximum absolute atomic E-state index is 14.1. The molecule has 0 spiro atoms. The van der Waals surface area contributed by atoms with E-state index in [4.69, 9.17) is 0 Å². The number of hydrazone groups is 1. The third-order valence-electron chi connectivity index (χ3n) is 4.71. The van der Waals surface area contributed by atoms with Gasteiger partial charge >= 0.3 is 18.1 Å². The standard InChI is InChI=1S/C20H15F8N3/c1-12-15(10-29-30-20(27,28)18(22,23)19(24,25)26)14-7-3-5-9-17(14)31(12)11-13-6-2-4-8-16(13)21/h2-10,30H,11H2,1H3/b29-10-. The molecule has 0 fully saturated rings. The van der Waals surface area contributed by atoms with Crippen LogP contribution in [-0.4, -0.2) is 28.9 Å². The molecule has 31 heavy (non-hydrogen) atoms. The summed E-state index contributed by atoms with van der Waals surface area (Å²) in [6.07, 6.45) is -5.74. The average Bonchev–Trinajstić information content (AvgIpc) is 2.94. The van der Waals surface area contributed by atoms with Crippen LogP contribution in [0.5, 0.6) is 0 Å². The number of halogens is 8. The number of rotatable bonds is 6. The normalized spacial score (nSPS) is 13.3. The molecule has 0 radical (unpaired) electrons. The summed E-state index contributed by atoms with van der Waals surface area (Å²) in [6, 6.07) is 6.85. The molecule has 0 saturated heterocycles. The number of nitrogens with one attached hydrogen (secondary N) is 1. The SMILES string of the molecule is Cc1c(/C=N\NC(F)(F)C(F)(F)C(F)(F)F)c2ccccc2n1Cc1ccccc1F. The summed E-state index contributed by atoms with van der Waals surface area (Å²) >= 11 is 0. The van der Waals surface area contributed by atoms with Gasteiger partial charge in [0.15, 0.2) is 0 Å². The van der Waals surface area contributed by atoms with Crippen molar-refractivity contribution < 1.29 is 35.1 Å². The highest BCUT2D eigenvalue weighted by molar-refractivity contribution is 6.01. The van der Waals surface area contributed by atoms with Crippen molar-refractivity contribution >= 4 is 17.1 Å². The molecule has 0 amide bonds. The number of para-hydroxylation sites is 1. The third kappa shape index (κ3) is 4.08. The van der Waals surface area contributed by atoms with E-state index >= 15 is 0 Å². The highest BCUT2D eigenvalue weighted by Gasteiger charge is 2.73. The molecular formula is C20H15F8N3. The number of nitrogens with zero attached hydrogens (tertiary/aromatic N) is 2. The molecular weight excluding hydrogens is 434 g/mol. The minimum absolute atomic E-state index is 0.0720. The van der Waals surface area contributed by atoms with Gasteiger partial charge in [0.25, 0.3) is 0 Å². The second kappa shape index (κ2) is 7.86. The number of hydrogen-bond donors (Lipinski definition) is 1. The van der Waals surface area contributed by atoms with Crippen molar-refractivity contribution in [1.82, 2.24) is 9.99 Å². The van der Waals surface area contributed by atoms with E-state index in [9.17, 15) is 35.1 Å². The summed E-state index contributed by atoms with van der Waals surface area (Å²) in [5.74, 6) is -6.80. The smallest absolute Gasteiger partial charge is 0.340 e. The van der Waals surface area contributed by atoms with Crippen molar-refractivity contribution in [1.29, 1.82) is 0 Å². The summed E-state index contributed by atoms with van der Waals surface area (Å²) in [7, 11) is 0. The highest BCUT2D eigenvalue weighted by atomic mass is 19.4. The Morgan fingerprint density at radius 1 is 0.935 bits per heavy atom. The van der Waals surface area contributed by atoms with E-state index in [1.165, 1.54) is 12.1 Å². The molecule has 0 aliphatic heterocycles. The fourth-order valence-electron chi connectivity index (χ4n) is 3.05. The Bertz CT molecular complexity index is 1120. The molecule has 1 heterocycles. The molecule has 1 N–H and O–H groups in total. The Morgan fingerprint density at radius 2 is 1.55 bits per heavy atom. The quantitative estimate of drug-likeness (QED) is 0.218. The number of aromatic nitrogens is 1. The largest absolute Gasteiger partial charge is 0.462 e. The average molecular weight is 449 g/mol. The Labute approximate surface area is 171 Å². The Balaban J connectivity index is 1.97. The van der Waals surface area contributed by atoms with E-state index in [0.29, 0.717) is 27.6 Å². The Kier molecular flexibility index (Phi) is 5.72. The van der Waals surface area contributed by atoms with E-state index in [0.717, 1.165) is 6.21 Å². The van der Waals surface area contributed by atoms with Crippen molar-refractivity contribution in [2.75, 3.05) is 0 Å². The minimum Gasteiger partial charge on any atom is -0.340 e. The molecule has 1 aromatic heterocycles. The van der Waals surface area contributed by atoms with Gasteiger partial charge < -0.3 is 4.57 Å². The zero-order valence-electron chi connectivity index (χ0n) is 15.8. The van der Waals surface area contributed by atoms with E-state index in [2.05, 4.69) is 5.10 Å². The first-order valence-electron chi connectivity index (χ1n) is 8.80. The molecule has 0 atom stereocenters. The molecule has 11 heteroatoms. The second-order valence-electron chi connectivity index (χ2n) is 6.71. The van der Waals surface area contributed by atoms with Gasteiger partial charge in [0.1, 0.15) is 5.82 Å². The molecule has 0 aliphatic carbocycles. The van der Waals surface area contributed by atoms with Gasteiger partial charge in [-0.1, -0.05) is 36.4 Å². The predicted molar refractivity (Wildman–Crippen MR) is 98.9 cm³/mol. The maximum atomic E-state index is 14.1. The first-order chi connectivity index (χ1) is 14.4. The fourth-order valence-corrected chi connectivity index (χ4v) is 3.05. The van der Waals surface area contributed by atoms with Crippen LogP contribution < -0.4 is 5.43 Å². The van der Waals surface area contributed by atoms with Crippen LogP contribution in [0.1, 0.15) is 16.8 Å². The van der Waals surface area contributed by atoms with E-state index < -0.39 is 24.0 Å². The molecule has 3 aromatic rings. The lowest BCUT2D eigenvalue weighted by atomic mass is 10.1. The van der Waals surface area contributed by atoms with Crippen LogP contribution in [0.15, 0.2) is 53.6 Å². The lowest BCUT2D eigenvalue weighted by Crippen LogP contribution is -2.58. The number of fused-ring (bicyclic) bond motifs is 1. The minimum atomic E-state index is -6.47. The maximum Gasteiger partial charge on any atom is 0.462 e. The van der Waals surface area contributed by atoms with Crippen LogP contribution in [-0.2, 0) is 6.54 Å². The monoisotopic (exact) mass is 449 g/mol. The van der Waals surface area contributed by atoms with Crippen LogP contribution >= 0.6 is 0 Å². The van der Waals surface area contributed by atoms with Crippen molar-refractivity contribution in [2.45, 2.75) is 31.6 Å². The topological polar surface area (TPSA) is 29.3 Å². The molecule has 0 saturated carbocycles. The summed E-state index contributed by atoms with van der Waals surface area (Å²) in [5, 5.41) is 3.42. The van der Waals surface area contributed by atoms with Crippen LogP contribution in [0.3, 0.4) is 0 Å². The van der Waals surface area contributed by atoms with Gasteiger partial charge in [0.05, 0.1) is 12.8 Å².